The highest BCUT2D eigenvalue weighted by Gasteiger charge is 2.03. The summed E-state index contributed by atoms with van der Waals surface area (Å²) in [7, 11) is 1.65. The summed E-state index contributed by atoms with van der Waals surface area (Å²) >= 11 is 9.35. The van der Waals surface area contributed by atoms with Crippen molar-refractivity contribution in [2.24, 2.45) is 7.05 Å². The Morgan fingerprint density at radius 3 is 2.56 bits per heavy atom. The molecule has 4 heteroatoms. The van der Waals surface area contributed by atoms with Gasteiger partial charge in [-0.1, -0.05) is 39.7 Å². The second-order valence-electron chi connectivity index (χ2n) is 3.47. The van der Waals surface area contributed by atoms with Gasteiger partial charge in [-0.15, -0.1) is 0 Å². The third kappa shape index (κ3) is 2.20. The molecule has 0 saturated carbocycles. The van der Waals surface area contributed by atoms with E-state index in [4.69, 9.17) is 11.6 Å². The maximum atomic E-state index is 11.6. The van der Waals surface area contributed by atoms with Gasteiger partial charge in [0.15, 0.2) is 0 Å². The first-order valence-corrected chi connectivity index (χ1v) is 5.87. The first kappa shape index (κ1) is 11.4. The second kappa shape index (κ2) is 4.44. The number of aromatic nitrogens is 1. The monoisotopic (exact) mass is 297 g/mol. The minimum Gasteiger partial charge on any atom is -0.302 e. The summed E-state index contributed by atoms with van der Waals surface area (Å²) in [5.74, 6) is 0. The topological polar surface area (TPSA) is 22.0 Å². The molecule has 1 aromatic heterocycles. The zero-order valence-electron chi connectivity index (χ0n) is 8.58. The number of hydrogen-bond donors (Lipinski definition) is 0. The van der Waals surface area contributed by atoms with Crippen LogP contribution in [-0.2, 0) is 7.05 Å². The largest absolute Gasteiger partial charge is 0.302 e. The van der Waals surface area contributed by atoms with E-state index >= 15 is 0 Å². The second-order valence-corrected chi connectivity index (χ2v) is 4.78. The molecule has 0 aliphatic carbocycles. The van der Waals surface area contributed by atoms with Crippen LogP contribution in [0.2, 0.25) is 5.15 Å². The Balaban J connectivity index is 2.61. The van der Waals surface area contributed by atoms with E-state index in [0.717, 1.165) is 15.6 Å². The Labute approximate surface area is 107 Å². The van der Waals surface area contributed by atoms with Gasteiger partial charge in [0.05, 0.1) is 0 Å². The molecule has 16 heavy (non-hydrogen) atoms. The van der Waals surface area contributed by atoms with E-state index in [1.54, 1.807) is 19.2 Å². The van der Waals surface area contributed by atoms with E-state index in [9.17, 15) is 4.79 Å². The Morgan fingerprint density at radius 2 is 1.94 bits per heavy atom. The lowest BCUT2D eigenvalue weighted by Crippen LogP contribution is -2.15. The summed E-state index contributed by atoms with van der Waals surface area (Å²) in [4.78, 5) is 11.6. The van der Waals surface area contributed by atoms with Crippen LogP contribution in [0.3, 0.4) is 0 Å². The zero-order valence-corrected chi connectivity index (χ0v) is 10.9. The molecule has 0 saturated heterocycles. The number of benzene rings is 1. The Bertz CT molecular complexity index is 592. The molecule has 2 nitrogen and oxygen atoms in total. The van der Waals surface area contributed by atoms with Gasteiger partial charge in [0, 0.05) is 17.6 Å². The van der Waals surface area contributed by atoms with Crippen LogP contribution in [0.5, 0.6) is 0 Å². The molecule has 0 amide bonds. The number of pyridine rings is 1. The molecule has 82 valence electrons. The van der Waals surface area contributed by atoms with Crippen LogP contribution >= 0.6 is 27.5 Å². The van der Waals surface area contributed by atoms with Crippen molar-refractivity contribution in [2.75, 3.05) is 0 Å². The number of nitrogens with zero attached hydrogens (tertiary/aromatic N) is 1. The molecule has 0 atom stereocenters. The molecular weight excluding hydrogens is 289 g/mol. The molecule has 2 aromatic rings. The minimum atomic E-state index is -0.109. The third-order valence-electron chi connectivity index (χ3n) is 2.36. The van der Waals surface area contributed by atoms with Crippen LogP contribution in [0.25, 0.3) is 11.1 Å². The molecule has 0 radical (unpaired) electrons. The highest BCUT2D eigenvalue weighted by molar-refractivity contribution is 9.10. The number of rotatable bonds is 1. The summed E-state index contributed by atoms with van der Waals surface area (Å²) in [5.41, 5.74) is 1.69. The predicted molar refractivity (Wildman–Crippen MR) is 69.8 cm³/mol. The van der Waals surface area contributed by atoms with Crippen molar-refractivity contribution < 1.29 is 0 Å². The van der Waals surface area contributed by atoms with E-state index in [1.165, 1.54) is 4.57 Å². The van der Waals surface area contributed by atoms with Crippen molar-refractivity contribution in [3.05, 3.63) is 56.4 Å². The average Bonchev–Trinajstić information content (AvgIpc) is 2.25. The van der Waals surface area contributed by atoms with Crippen molar-refractivity contribution in [1.82, 2.24) is 4.57 Å². The minimum absolute atomic E-state index is 0.109. The quantitative estimate of drug-likeness (QED) is 0.739. The van der Waals surface area contributed by atoms with E-state index in [0.29, 0.717) is 5.15 Å². The van der Waals surface area contributed by atoms with Gasteiger partial charge in [-0.2, -0.15) is 0 Å². The van der Waals surface area contributed by atoms with Gasteiger partial charge >= 0.3 is 0 Å². The molecule has 1 aromatic carbocycles. The van der Waals surface area contributed by atoms with Gasteiger partial charge in [0.2, 0.25) is 0 Å². The lowest BCUT2D eigenvalue weighted by molar-refractivity contribution is 0.862. The Morgan fingerprint density at radius 1 is 1.19 bits per heavy atom. The highest BCUT2D eigenvalue weighted by atomic mass is 79.9. The molecule has 0 fully saturated rings. The summed E-state index contributed by atoms with van der Waals surface area (Å²) in [6.07, 6.45) is 0. The van der Waals surface area contributed by atoms with Crippen LogP contribution in [0, 0.1) is 0 Å². The van der Waals surface area contributed by atoms with Crippen molar-refractivity contribution in [3.8, 4) is 11.1 Å². The lowest BCUT2D eigenvalue weighted by atomic mass is 10.1. The van der Waals surface area contributed by atoms with E-state index in [2.05, 4.69) is 15.9 Å². The van der Waals surface area contributed by atoms with Crippen molar-refractivity contribution in [1.29, 1.82) is 0 Å². The fourth-order valence-corrected chi connectivity index (χ4v) is 2.04. The molecule has 0 aliphatic heterocycles. The van der Waals surface area contributed by atoms with Gasteiger partial charge in [-0.3, -0.25) is 4.79 Å². The normalized spacial score (nSPS) is 10.4. The summed E-state index contributed by atoms with van der Waals surface area (Å²) < 4.78 is 2.38. The smallest absolute Gasteiger partial charge is 0.252 e. The van der Waals surface area contributed by atoms with Crippen molar-refractivity contribution >= 4 is 27.5 Å². The predicted octanol–water partition coefficient (Wildman–Crippen LogP) is 3.47. The lowest BCUT2D eigenvalue weighted by Gasteiger charge is -2.05. The van der Waals surface area contributed by atoms with E-state index in [-0.39, 0.29) is 5.56 Å². The first-order chi connectivity index (χ1) is 7.58. The molecule has 2 rings (SSSR count). The maximum absolute atomic E-state index is 11.6. The zero-order chi connectivity index (χ0) is 11.7. The SMILES string of the molecule is Cn1c(Cl)cc(-c2cccc(Br)c2)cc1=O. The van der Waals surface area contributed by atoms with Gasteiger partial charge < -0.3 is 4.57 Å². The summed E-state index contributed by atoms with van der Waals surface area (Å²) in [6.45, 7) is 0. The molecular formula is C12H9BrClNO. The standard InChI is InChI=1S/C12H9BrClNO/c1-15-11(14)6-9(7-12(15)16)8-3-2-4-10(13)5-8/h2-7H,1H3. The summed E-state index contributed by atoms with van der Waals surface area (Å²) in [6, 6.07) is 11.1. The molecule has 0 N–H and O–H groups in total. The van der Waals surface area contributed by atoms with Crippen LogP contribution in [0.4, 0.5) is 0 Å². The van der Waals surface area contributed by atoms with Crippen LogP contribution < -0.4 is 5.56 Å². The highest BCUT2D eigenvalue weighted by Crippen LogP contribution is 2.23. The molecule has 0 aliphatic rings. The molecule has 0 unspecified atom stereocenters. The summed E-state index contributed by atoms with van der Waals surface area (Å²) in [5, 5.41) is 0.433. The molecule has 0 spiro atoms. The third-order valence-corrected chi connectivity index (χ3v) is 3.22. The van der Waals surface area contributed by atoms with E-state index < -0.39 is 0 Å². The fourth-order valence-electron chi connectivity index (χ4n) is 1.44. The van der Waals surface area contributed by atoms with E-state index in [1.807, 2.05) is 24.3 Å². The fraction of sp³-hybridized carbons (Fsp3) is 0.0833. The molecule has 1 heterocycles. The van der Waals surface area contributed by atoms with Crippen LogP contribution in [-0.4, -0.2) is 4.57 Å². The Kier molecular flexibility index (Phi) is 3.17. The van der Waals surface area contributed by atoms with Crippen molar-refractivity contribution in [3.63, 3.8) is 0 Å². The van der Waals surface area contributed by atoms with Gasteiger partial charge in [0.1, 0.15) is 5.15 Å². The van der Waals surface area contributed by atoms with Crippen LogP contribution in [0.15, 0.2) is 45.7 Å². The van der Waals surface area contributed by atoms with Gasteiger partial charge in [-0.25, -0.2) is 0 Å². The average molecular weight is 299 g/mol. The number of hydrogen-bond acceptors (Lipinski definition) is 1. The maximum Gasteiger partial charge on any atom is 0.252 e. The number of halogens is 2. The molecule has 0 bridgehead atoms. The van der Waals surface area contributed by atoms with Gasteiger partial charge in [0.25, 0.3) is 5.56 Å². The van der Waals surface area contributed by atoms with Crippen molar-refractivity contribution in [2.45, 2.75) is 0 Å². The van der Waals surface area contributed by atoms with Gasteiger partial charge in [-0.05, 0) is 29.3 Å². The first-order valence-electron chi connectivity index (χ1n) is 4.70. The van der Waals surface area contributed by atoms with Crippen LogP contribution in [0.1, 0.15) is 0 Å². The Hall–Kier alpha value is -1.06.